The highest BCUT2D eigenvalue weighted by molar-refractivity contribution is 5.99. The van der Waals surface area contributed by atoms with Crippen molar-refractivity contribution in [2.45, 2.75) is 46.6 Å². The Morgan fingerprint density at radius 1 is 1.00 bits per heavy atom. The molecular formula is C24H33N3O2. The van der Waals surface area contributed by atoms with Crippen LogP contribution in [0, 0.1) is 13.8 Å². The van der Waals surface area contributed by atoms with E-state index in [1.807, 2.05) is 36.1 Å². The molecule has 0 N–H and O–H groups in total. The molecule has 0 atom stereocenters. The third-order valence-corrected chi connectivity index (χ3v) is 5.86. The molecule has 1 saturated heterocycles. The van der Waals surface area contributed by atoms with Gasteiger partial charge >= 0.3 is 0 Å². The Balaban J connectivity index is 1.49. The van der Waals surface area contributed by atoms with Crippen molar-refractivity contribution in [3.05, 3.63) is 58.9 Å². The molecule has 0 saturated carbocycles. The number of carbonyl (C=O) groups excluding carboxylic acids is 2. The summed E-state index contributed by atoms with van der Waals surface area (Å²) < 4.78 is 2.22. The molecule has 5 heteroatoms. The first-order valence-electron chi connectivity index (χ1n) is 10.6. The largest absolute Gasteiger partial charge is 0.346 e. The van der Waals surface area contributed by atoms with E-state index < -0.39 is 0 Å². The van der Waals surface area contributed by atoms with Crippen LogP contribution in [0.2, 0.25) is 0 Å². The number of aryl methyl sites for hydroxylation is 2. The lowest BCUT2D eigenvalue weighted by atomic mass is 10.1. The summed E-state index contributed by atoms with van der Waals surface area (Å²) in [4.78, 5) is 29.5. The fourth-order valence-corrected chi connectivity index (χ4v) is 4.35. The summed E-state index contributed by atoms with van der Waals surface area (Å²) in [5.41, 5.74) is 4.22. The number of piperazine rings is 1. The predicted octanol–water partition coefficient (Wildman–Crippen LogP) is 3.65. The van der Waals surface area contributed by atoms with Crippen molar-refractivity contribution >= 4 is 11.7 Å². The maximum atomic E-state index is 12.9. The number of aromatic nitrogens is 1. The van der Waals surface area contributed by atoms with E-state index in [9.17, 15) is 9.59 Å². The number of hydrogen-bond acceptors (Lipinski definition) is 3. The molecule has 0 unspecified atom stereocenters. The number of ketones is 1. The zero-order valence-electron chi connectivity index (χ0n) is 18.1. The van der Waals surface area contributed by atoms with Gasteiger partial charge in [0.1, 0.15) is 0 Å². The van der Waals surface area contributed by atoms with Crippen molar-refractivity contribution in [2.24, 2.45) is 0 Å². The van der Waals surface area contributed by atoms with Gasteiger partial charge in [0.2, 0.25) is 5.91 Å². The van der Waals surface area contributed by atoms with Crippen molar-refractivity contribution in [3.8, 4) is 0 Å². The zero-order chi connectivity index (χ0) is 21.0. The minimum atomic E-state index is 0.175. The number of nitrogens with zero attached hydrogens (tertiary/aromatic N) is 3. The van der Waals surface area contributed by atoms with Gasteiger partial charge in [-0.1, -0.05) is 30.3 Å². The van der Waals surface area contributed by atoms with Crippen LogP contribution in [0.5, 0.6) is 0 Å². The molecule has 1 fully saturated rings. The molecule has 5 nitrogen and oxygen atoms in total. The van der Waals surface area contributed by atoms with Gasteiger partial charge in [-0.25, -0.2) is 0 Å². The lowest BCUT2D eigenvalue weighted by Gasteiger charge is -2.34. The summed E-state index contributed by atoms with van der Waals surface area (Å²) in [6.45, 7) is 11.7. The third kappa shape index (κ3) is 5.15. The Kier molecular flexibility index (Phi) is 6.91. The molecule has 3 rings (SSSR count). The molecule has 2 heterocycles. The highest BCUT2D eigenvalue weighted by atomic mass is 16.2. The average molecular weight is 396 g/mol. The second kappa shape index (κ2) is 9.40. The van der Waals surface area contributed by atoms with Crippen LogP contribution < -0.4 is 0 Å². The maximum absolute atomic E-state index is 12.9. The molecule has 0 spiro atoms. The van der Waals surface area contributed by atoms with Crippen molar-refractivity contribution in [2.75, 3.05) is 32.7 Å². The van der Waals surface area contributed by atoms with Gasteiger partial charge < -0.3 is 9.47 Å². The van der Waals surface area contributed by atoms with Gasteiger partial charge in [-0.15, -0.1) is 0 Å². The van der Waals surface area contributed by atoms with Gasteiger partial charge in [-0.05, 0) is 45.7 Å². The number of Topliss-reactive ketones (excluding diaryl/α,β-unsaturated/α-hetero) is 1. The highest BCUT2D eigenvalue weighted by Gasteiger charge is 2.24. The Morgan fingerprint density at radius 2 is 1.66 bits per heavy atom. The lowest BCUT2D eigenvalue weighted by molar-refractivity contribution is -0.132. The summed E-state index contributed by atoms with van der Waals surface area (Å²) in [5.74, 6) is 0.383. The van der Waals surface area contributed by atoms with Crippen molar-refractivity contribution in [1.29, 1.82) is 0 Å². The second-order valence-electron chi connectivity index (χ2n) is 8.31. The molecule has 1 aromatic heterocycles. The molecule has 1 aliphatic heterocycles. The second-order valence-corrected chi connectivity index (χ2v) is 8.31. The van der Waals surface area contributed by atoms with Crippen molar-refractivity contribution in [3.63, 3.8) is 0 Å². The van der Waals surface area contributed by atoms with Crippen LogP contribution in [0.25, 0.3) is 0 Å². The first-order chi connectivity index (χ1) is 13.9. The van der Waals surface area contributed by atoms with Crippen molar-refractivity contribution < 1.29 is 9.59 Å². The van der Waals surface area contributed by atoms with Gasteiger partial charge in [-0.2, -0.15) is 0 Å². The Morgan fingerprint density at radius 3 is 2.24 bits per heavy atom. The van der Waals surface area contributed by atoms with Crippen LogP contribution in [-0.4, -0.2) is 58.8 Å². The first-order valence-corrected chi connectivity index (χ1v) is 10.6. The van der Waals surface area contributed by atoms with Crippen LogP contribution in [0.15, 0.2) is 36.4 Å². The molecule has 0 bridgehead atoms. The van der Waals surface area contributed by atoms with Gasteiger partial charge in [0.25, 0.3) is 0 Å². The fraction of sp³-hybridized carbons (Fsp3) is 0.500. The molecule has 2 aromatic rings. The zero-order valence-corrected chi connectivity index (χ0v) is 18.1. The normalized spacial score (nSPS) is 15.1. The Hall–Kier alpha value is -2.40. The van der Waals surface area contributed by atoms with E-state index >= 15 is 0 Å². The topological polar surface area (TPSA) is 45.6 Å². The Bertz CT molecular complexity index is 847. The predicted molar refractivity (Wildman–Crippen MR) is 116 cm³/mol. The average Bonchev–Trinajstić information content (AvgIpc) is 3.01. The quantitative estimate of drug-likeness (QED) is 0.673. The number of rotatable bonds is 7. The lowest BCUT2D eigenvalue weighted by Crippen LogP contribution is -2.50. The summed E-state index contributed by atoms with van der Waals surface area (Å²) >= 11 is 0. The van der Waals surface area contributed by atoms with Gasteiger partial charge in [0, 0.05) is 55.6 Å². The van der Waals surface area contributed by atoms with Crippen molar-refractivity contribution in [1.82, 2.24) is 14.4 Å². The van der Waals surface area contributed by atoms with Crippen LogP contribution in [0.3, 0.4) is 0 Å². The highest BCUT2D eigenvalue weighted by Crippen LogP contribution is 2.21. The maximum Gasteiger partial charge on any atom is 0.222 e. The summed E-state index contributed by atoms with van der Waals surface area (Å²) in [6, 6.07) is 12.5. The first kappa shape index (κ1) is 21.3. The smallest absolute Gasteiger partial charge is 0.222 e. The Labute approximate surface area is 174 Å². The van der Waals surface area contributed by atoms with Crippen LogP contribution >= 0.6 is 0 Å². The number of amides is 1. The molecule has 0 aliphatic carbocycles. The minimum Gasteiger partial charge on any atom is -0.346 e. The minimum absolute atomic E-state index is 0.175. The standard InChI is InChI=1S/C24H33N3O2/c1-18(2)27-19(3)16-22(20(27)4)23(28)17-25-12-14-26(15-13-25)24(29)11-10-21-8-6-5-7-9-21/h5-9,16,18H,10-15,17H2,1-4H3. The molecule has 0 radical (unpaired) electrons. The monoisotopic (exact) mass is 395 g/mol. The van der Waals surface area contributed by atoms with E-state index in [0.717, 1.165) is 36.5 Å². The fourth-order valence-electron chi connectivity index (χ4n) is 4.35. The van der Waals surface area contributed by atoms with E-state index in [-0.39, 0.29) is 11.7 Å². The summed E-state index contributed by atoms with van der Waals surface area (Å²) in [6.07, 6.45) is 1.33. The van der Waals surface area contributed by atoms with Gasteiger partial charge in [0.15, 0.2) is 5.78 Å². The SMILES string of the molecule is Cc1cc(C(=O)CN2CCN(C(=O)CCc3ccccc3)CC2)c(C)n1C(C)C. The number of carbonyl (C=O) groups is 2. The molecule has 1 aliphatic rings. The van der Waals surface area contributed by atoms with E-state index in [2.05, 4.69) is 42.4 Å². The molecule has 1 aromatic carbocycles. The van der Waals surface area contributed by atoms with Gasteiger partial charge in [0.05, 0.1) is 6.54 Å². The van der Waals surface area contributed by atoms with E-state index in [1.54, 1.807) is 0 Å². The molecule has 1 amide bonds. The van der Waals surface area contributed by atoms with Crippen LogP contribution in [0.1, 0.15) is 53.6 Å². The molecular weight excluding hydrogens is 362 g/mol. The number of hydrogen-bond donors (Lipinski definition) is 0. The van der Waals surface area contributed by atoms with Gasteiger partial charge in [-0.3, -0.25) is 14.5 Å². The summed E-state index contributed by atoms with van der Waals surface area (Å²) in [7, 11) is 0. The molecule has 156 valence electrons. The van der Waals surface area contributed by atoms with E-state index in [4.69, 9.17) is 0 Å². The number of benzene rings is 1. The summed E-state index contributed by atoms with van der Waals surface area (Å²) in [5, 5.41) is 0. The third-order valence-electron chi connectivity index (χ3n) is 5.86. The van der Waals surface area contributed by atoms with Crippen LogP contribution in [0.4, 0.5) is 0 Å². The van der Waals surface area contributed by atoms with Crippen LogP contribution in [-0.2, 0) is 11.2 Å². The molecule has 29 heavy (non-hydrogen) atoms. The van der Waals surface area contributed by atoms with E-state index in [0.29, 0.717) is 32.1 Å². The van der Waals surface area contributed by atoms with E-state index in [1.165, 1.54) is 5.56 Å².